The topological polar surface area (TPSA) is 85.8 Å². The van der Waals surface area contributed by atoms with E-state index in [1.807, 2.05) is 0 Å². The van der Waals surface area contributed by atoms with Gasteiger partial charge in [-0.05, 0) is 48.2 Å². The quantitative estimate of drug-likeness (QED) is 0.422. The second kappa shape index (κ2) is 8.80. The molecule has 11 heteroatoms. The van der Waals surface area contributed by atoms with E-state index in [1.54, 1.807) is 48.5 Å². The number of nitrogens with one attached hydrogen (secondary N) is 1. The molecule has 2 aromatic carbocycles. The molecule has 2 aromatic heterocycles. The number of hydrogen-bond acceptors (Lipinski definition) is 6. The molecule has 2 heterocycles. The lowest BCUT2D eigenvalue weighted by molar-refractivity contribution is -0.122. The van der Waals surface area contributed by atoms with Gasteiger partial charge in [0.25, 0.3) is 5.76 Å². The van der Waals surface area contributed by atoms with Crippen molar-refractivity contribution in [1.29, 1.82) is 0 Å². The van der Waals surface area contributed by atoms with Gasteiger partial charge >= 0.3 is 0 Å². The maximum absolute atomic E-state index is 12.9. The molecule has 4 aromatic rings. The molecule has 0 saturated carbocycles. The van der Waals surface area contributed by atoms with Crippen molar-refractivity contribution in [2.75, 3.05) is 0 Å². The van der Waals surface area contributed by atoms with Crippen LogP contribution in [0.25, 0.3) is 22.4 Å². The molecule has 154 valence electrons. The lowest BCUT2D eigenvalue weighted by Crippen LogP contribution is -2.27. The van der Waals surface area contributed by atoms with Crippen molar-refractivity contribution in [1.82, 2.24) is 25.0 Å². The highest BCUT2D eigenvalue weighted by Gasteiger charge is 2.18. The number of imidazole rings is 1. The Balaban J connectivity index is 1.44. The number of hydrogen-bond donors (Lipinski definition) is 1. The Morgan fingerprint density at radius 3 is 2.70 bits per heavy atom. The Kier molecular flexibility index (Phi) is 5.96. The van der Waals surface area contributed by atoms with Crippen LogP contribution in [0.5, 0.6) is 0 Å². The van der Waals surface area contributed by atoms with Crippen LogP contribution in [0.4, 0.5) is 8.78 Å². The first-order valence-corrected chi connectivity index (χ1v) is 10.0. The van der Waals surface area contributed by atoms with Gasteiger partial charge in [0.1, 0.15) is 6.54 Å². The van der Waals surface area contributed by atoms with E-state index in [-0.39, 0.29) is 24.1 Å². The minimum Gasteiger partial charge on any atom is -0.345 e. The first-order valence-electron chi connectivity index (χ1n) is 8.75. The molecule has 0 unspecified atom stereocenters. The molecule has 0 atom stereocenters. The Bertz CT molecular complexity index is 1180. The van der Waals surface area contributed by atoms with E-state index < -0.39 is 11.7 Å². The molecule has 30 heavy (non-hydrogen) atoms. The van der Waals surface area contributed by atoms with Gasteiger partial charge in [0.15, 0.2) is 5.16 Å². The predicted octanol–water partition coefficient (Wildman–Crippen LogP) is 4.37. The van der Waals surface area contributed by atoms with E-state index in [4.69, 9.17) is 16.1 Å². The molecule has 0 radical (unpaired) electrons. The first kappa shape index (κ1) is 20.3. The second-order valence-electron chi connectivity index (χ2n) is 6.14. The van der Waals surface area contributed by atoms with Crippen LogP contribution < -0.4 is 5.32 Å². The molecular weight excluding hydrogens is 436 g/mol. The summed E-state index contributed by atoms with van der Waals surface area (Å²) in [7, 11) is 0. The molecule has 0 spiro atoms. The summed E-state index contributed by atoms with van der Waals surface area (Å²) in [5.74, 6) is -2.47. The lowest BCUT2D eigenvalue weighted by Gasteiger charge is -2.08. The average molecular weight is 450 g/mol. The van der Waals surface area contributed by atoms with Crippen molar-refractivity contribution in [3.8, 4) is 11.4 Å². The highest BCUT2D eigenvalue weighted by atomic mass is 35.5. The summed E-state index contributed by atoms with van der Waals surface area (Å²) < 4.78 is 32.4. The largest absolute Gasteiger partial charge is 0.345 e. The number of rotatable bonds is 7. The van der Waals surface area contributed by atoms with Gasteiger partial charge in [-0.1, -0.05) is 28.9 Å². The van der Waals surface area contributed by atoms with Crippen LogP contribution in [0, 0.1) is 0 Å². The number of fused-ring (bicyclic) bond motifs is 1. The Hall–Kier alpha value is -2.98. The lowest BCUT2D eigenvalue weighted by atomic mass is 10.2. The van der Waals surface area contributed by atoms with Crippen LogP contribution in [0.1, 0.15) is 5.89 Å². The Morgan fingerprint density at radius 1 is 1.17 bits per heavy atom. The number of alkyl halides is 2. The summed E-state index contributed by atoms with van der Waals surface area (Å²) in [6.07, 6.45) is 0. The van der Waals surface area contributed by atoms with Gasteiger partial charge in [-0.25, -0.2) is 4.98 Å². The molecule has 0 aliphatic carbocycles. The molecular formula is C19H14ClF2N5O2S. The van der Waals surface area contributed by atoms with Crippen molar-refractivity contribution in [2.24, 2.45) is 0 Å². The summed E-state index contributed by atoms with van der Waals surface area (Å²) in [4.78, 5) is 20.8. The minimum atomic E-state index is -2.65. The fourth-order valence-corrected chi connectivity index (χ4v) is 3.52. The first-order chi connectivity index (χ1) is 14.5. The highest BCUT2D eigenvalue weighted by Crippen LogP contribution is 2.28. The Labute approximate surface area is 178 Å². The second-order valence-corrected chi connectivity index (χ2v) is 7.54. The number of para-hydroxylation sites is 2. The zero-order chi connectivity index (χ0) is 21.1. The number of carbonyl (C=O) groups excluding carboxylic acids is 1. The minimum absolute atomic E-state index is 0.00335. The highest BCUT2D eigenvalue weighted by molar-refractivity contribution is 7.99. The molecule has 0 aliphatic rings. The average Bonchev–Trinajstić information content (AvgIpc) is 3.32. The van der Waals surface area contributed by atoms with Gasteiger partial charge in [-0.3, -0.25) is 4.79 Å². The van der Waals surface area contributed by atoms with Gasteiger partial charge in [0.05, 0.1) is 17.6 Å². The number of halogens is 3. The van der Waals surface area contributed by atoms with E-state index in [1.165, 1.54) is 4.57 Å². The maximum atomic E-state index is 12.9. The van der Waals surface area contributed by atoms with Crippen molar-refractivity contribution >= 4 is 40.3 Å². The molecule has 4 rings (SSSR count). The number of nitrogens with zero attached hydrogens (tertiary/aromatic N) is 4. The third kappa shape index (κ3) is 4.60. The summed E-state index contributed by atoms with van der Waals surface area (Å²) >= 11 is 6.16. The zero-order valence-corrected chi connectivity index (χ0v) is 16.8. The third-order valence-electron chi connectivity index (χ3n) is 4.12. The zero-order valence-electron chi connectivity index (χ0n) is 15.3. The Morgan fingerprint density at radius 2 is 1.93 bits per heavy atom. The van der Waals surface area contributed by atoms with Crippen LogP contribution in [-0.4, -0.2) is 31.4 Å². The van der Waals surface area contributed by atoms with Gasteiger partial charge in [0, 0.05) is 10.6 Å². The van der Waals surface area contributed by atoms with Crippen LogP contribution in [0.3, 0.4) is 0 Å². The third-order valence-corrected chi connectivity index (χ3v) is 5.08. The number of aromatic nitrogens is 4. The van der Waals surface area contributed by atoms with E-state index in [2.05, 4.69) is 20.4 Å². The summed E-state index contributed by atoms with van der Waals surface area (Å²) in [6.45, 7) is -0.170. The molecule has 0 fully saturated rings. The molecule has 1 N–H and O–H groups in total. The van der Waals surface area contributed by atoms with Crippen LogP contribution >= 0.6 is 23.4 Å². The fraction of sp³-hybridized carbons (Fsp3) is 0.158. The van der Waals surface area contributed by atoms with E-state index in [0.29, 0.717) is 33.6 Å². The molecule has 7 nitrogen and oxygen atoms in total. The normalized spacial score (nSPS) is 11.3. The number of thioether (sulfide) groups is 1. The van der Waals surface area contributed by atoms with E-state index >= 15 is 0 Å². The van der Waals surface area contributed by atoms with Crippen LogP contribution in [-0.2, 0) is 17.9 Å². The van der Waals surface area contributed by atoms with Gasteiger partial charge in [-0.2, -0.15) is 13.8 Å². The van der Waals surface area contributed by atoms with Crippen LogP contribution in [0.2, 0.25) is 5.02 Å². The number of carbonyl (C=O) groups is 1. The van der Waals surface area contributed by atoms with E-state index in [9.17, 15) is 13.6 Å². The summed E-state index contributed by atoms with van der Waals surface area (Å²) in [5.41, 5.74) is 1.86. The van der Waals surface area contributed by atoms with E-state index in [0.717, 1.165) is 5.56 Å². The standard InChI is InChI=1S/C19H14ClF2N5O2S/c20-12-7-5-11(6-8-12)17-25-16(29-26-17)9-23-15(28)10-27-14-4-2-1-3-13(14)24-19(27)30-18(21)22/h1-8,18H,9-10H2,(H,23,28). The molecule has 1 amide bonds. The predicted molar refractivity (Wildman–Crippen MR) is 108 cm³/mol. The fourth-order valence-electron chi connectivity index (χ4n) is 2.79. The summed E-state index contributed by atoms with van der Waals surface area (Å²) in [5, 5.41) is 7.19. The number of benzene rings is 2. The van der Waals surface area contributed by atoms with Crippen LogP contribution in [0.15, 0.2) is 58.2 Å². The number of amides is 1. The monoisotopic (exact) mass is 449 g/mol. The van der Waals surface area contributed by atoms with Crippen molar-refractivity contribution in [2.45, 2.75) is 24.0 Å². The van der Waals surface area contributed by atoms with Gasteiger partial charge in [0.2, 0.25) is 17.6 Å². The molecule has 0 aliphatic heterocycles. The van der Waals surface area contributed by atoms with Gasteiger partial charge < -0.3 is 14.4 Å². The maximum Gasteiger partial charge on any atom is 0.291 e. The molecule has 0 bridgehead atoms. The SMILES string of the molecule is O=C(Cn1c(SC(F)F)nc2ccccc21)NCc1nc(-c2ccc(Cl)cc2)no1. The molecule has 0 saturated heterocycles. The van der Waals surface area contributed by atoms with Crippen molar-refractivity contribution in [3.05, 3.63) is 59.4 Å². The van der Waals surface area contributed by atoms with Crippen molar-refractivity contribution < 1.29 is 18.1 Å². The van der Waals surface area contributed by atoms with Gasteiger partial charge in [-0.15, -0.1) is 0 Å². The summed E-state index contributed by atoms with van der Waals surface area (Å²) in [6, 6.07) is 13.9. The smallest absolute Gasteiger partial charge is 0.291 e. The van der Waals surface area contributed by atoms with Crippen molar-refractivity contribution in [3.63, 3.8) is 0 Å².